The third-order valence-corrected chi connectivity index (χ3v) is 4.83. The number of nitrogens with one attached hydrogen (secondary N) is 2. The largest absolute Gasteiger partial charge is 0.494 e. The molecule has 0 atom stereocenters. The quantitative estimate of drug-likeness (QED) is 0.374. The Morgan fingerprint density at radius 2 is 1.34 bits per heavy atom. The molecule has 0 aliphatic carbocycles. The Morgan fingerprint density at radius 1 is 0.743 bits per heavy atom. The Bertz CT molecular complexity index is 1140. The Morgan fingerprint density at radius 3 is 1.97 bits per heavy atom. The second kappa shape index (κ2) is 12.8. The molecule has 3 aromatic carbocycles. The molecule has 2 N–H and O–H groups in total. The number of esters is 1. The van der Waals surface area contributed by atoms with Crippen molar-refractivity contribution in [2.75, 3.05) is 23.8 Å². The Hall–Kier alpha value is -4.33. The van der Waals surface area contributed by atoms with Gasteiger partial charge in [0.25, 0.3) is 5.91 Å². The molecule has 8 nitrogen and oxygen atoms in total. The molecule has 35 heavy (non-hydrogen) atoms. The van der Waals surface area contributed by atoms with Crippen LogP contribution >= 0.6 is 0 Å². The van der Waals surface area contributed by atoms with E-state index >= 15 is 0 Å². The maximum atomic E-state index is 12.2. The summed E-state index contributed by atoms with van der Waals surface area (Å²) < 4.78 is 16.1. The van der Waals surface area contributed by atoms with Crippen molar-refractivity contribution in [2.24, 2.45) is 0 Å². The SMILES string of the molecule is CCOc1ccc(NC(=O)COC(=O)CCC(=O)Nc2ccc(Oc3ccccc3C)cc2)cc1. The van der Waals surface area contributed by atoms with Gasteiger partial charge in [-0.05, 0) is 74.0 Å². The van der Waals surface area contributed by atoms with Crippen LogP contribution in [0.5, 0.6) is 17.2 Å². The molecule has 0 aromatic heterocycles. The number of ether oxygens (including phenoxy) is 3. The summed E-state index contributed by atoms with van der Waals surface area (Å²) in [5, 5.41) is 5.34. The van der Waals surface area contributed by atoms with E-state index in [9.17, 15) is 14.4 Å². The molecule has 0 spiro atoms. The van der Waals surface area contributed by atoms with E-state index in [0.717, 1.165) is 11.3 Å². The maximum absolute atomic E-state index is 12.2. The number of benzene rings is 3. The van der Waals surface area contributed by atoms with Crippen LogP contribution < -0.4 is 20.1 Å². The first-order chi connectivity index (χ1) is 16.9. The van der Waals surface area contributed by atoms with E-state index in [0.29, 0.717) is 29.5 Å². The van der Waals surface area contributed by atoms with Gasteiger partial charge in [-0.15, -0.1) is 0 Å². The molecule has 3 aromatic rings. The fraction of sp³-hybridized carbons (Fsp3) is 0.222. The molecule has 0 saturated heterocycles. The molecule has 0 saturated carbocycles. The molecule has 0 fully saturated rings. The van der Waals surface area contributed by atoms with Crippen LogP contribution in [0.3, 0.4) is 0 Å². The minimum absolute atomic E-state index is 0.0686. The Labute approximate surface area is 204 Å². The van der Waals surface area contributed by atoms with Gasteiger partial charge in [0, 0.05) is 17.8 Å². The van der Waals surface area contributed by atoms with Crippen LogP contribution in [0.4, 0.5) is 11.4 Å². The highest BCUT2D eigenvalue weighted by Gasteiger charge is 2.11. The lowest BCUT2D eigenvalue weighted by Gasteiger charge is -2.10. The van der Waals surface area contributed by atoms with Gasteiger partial charge in [-0.3, -0.25) is 14.4 Å². The lowest BCUT2D eigenvalue weighted by molar-refractivity contribution is -0.147. The molecule has 0 radical (unpaired) electrons. The Kier molecular flexibility index (Phi) is 9.24. The minimum Gasteiger partial charge on any atom is -0.494 e. The predicted octanol–water partition coefficient (Wildman–Crippen LogP) is 5.09. The van der Waals surface area contributed by atoms with Crippen LogP contribution in [0.15, 0.2) is 72.8 Å². The van der Waals surface area contributed by atoms with Crippen LogP contribution in [0.1, 0.15) is 25.3 Å². The first kappa shape index (κ1) is 25.3. The van der Waals surface area contributed by atoms with Crippen molar-refractivity contribution in [1.29, 1.82) is 0 Å². The number of hydrogen-bond donors (Lipinski definition) is 2. The van der Waals surface area contributed by atoms with E-state index < -0.39 is 18.5 Å². The molecule has 0 heterocycles. The fourth-order valence-electron chi connectivity index (χ4n) is 3.06. The van der Waals surface area contributed by atoms with Crippen LogP contribution in [0.2, 0.25) is 0 Å². The van der Waals surface area contributed by atoms with Crippen molar-refractivity contribution < 1.29 is 28.6 Å². The van der Waals surface area contributed by atoms with Crippen LogP contribution in [-0.4, -0.2) is 31.0 Å². The zero-order valence-electron chi connectivity index (χ0n) is 19.7. The van der Waals surface area contributed by atoms with E-state index in [-0.39, 0.29) is 18.7 Å². The standard InChI is InChI=1S/C27H28N2O6/c1-3-33-22-12-8-21(9-13-22)29-26(31)18-34-27(32)17-16-25(30)28-20-10-14-23(15-11-20)35-24-7-5-4-6-19(24)2/h4-15H,3,16-18H2,1-2H3,(H,28,30)(H,29,31). The van der Waals surface area contributed by atoms with Crippen molar-refractivity contribution in [1.82, 2.24) is 0 Å². The van der Waals surface area contributed by atoms with Gasteiger partial charge in [0.05, 0.1) is 13.0 Å². The zero-order valence-corrected chi connectivity index (χ0v) is 19.7. The van der Waals surface area contributed by atoms with E-state index in [4.69, 9.17) is 14.2 Å². The molecular weight excluding hydrogens is 448 g/mol. The molecule has 3 rings (SSSR count). The van der Waals surface area contributed by atoms with Crippen molar-refractivity contribution in [3.05, 3.63) is 78.4 Å². The number of rotatable bonds is 11. The highest BCUT2D eigenvalue weighted by molar-refractivity contribution is 5.94. The first-order valence-electron chi connectivity index (χ1n) is 11.2. The fourth-order valence-corrected chi connectivity index (χ4v) is 3.06. The van der Waals surface area contributed by atoms with Crippen molar-refractivity contribution in [3.8, 4) is 17.2 Å². The molecule has 2 amide bonds. The summed E-state index contributed by atoms with van der Waals surface area (Å²) in [6.45, 7) is 3.96. The maximum Gasteiger partial charge on any atom is 0.306 e. The predicted molar refractivity (Wildman–Crippen MR) is 133 cm³/mol. The summed E-state index contributed by atoms with van der Waals surface area (Å²) in [4.78, 5) is 36.0. The third-order valence-electron chi connectivity index (χ3n) is 4.83. The lowest BCUT2D eigenvalue weighted by atomic mass is 10.2. The number of carbonyl (C=O) groups excluding carboxylic acids is 3. The summed E-state index contributed by atoms with van der Waals surface area (Å²) in [5.41, 5.74) is 2.16. The molecule has 182 valence electrons. The summed E-state index contributed by atoms with van der Waals surface area (Å²) in [7, 11) is 0. The smallest absolute Gasteiger partial charge is 0.306 e. The van der Waals surface area contributed by atoms with E-state index in [1.807, 2.05) is 38.1 Å². The first-order valence-corrected chi connectivity index (χ1v) is 11.2. The van der Waals surface area contributed by atoms with Crippen LogP contribution in [0.25, 0.3) is 0 Å². The van der Waals surface area contributed by atoms with Crippen LogP contribution in [-0.2, 0) is 19.1 Å². The summed E-state index contributed by atoms with van der Waals surface area (Å²) >= 11 is 0. The highest BCUT2D eigenvalue weighted by Crippen LogP contribution is 2.25. The number of hydrogen-bond acceptors (Lipinski definition) is 6. The highest BCUT2D eigenvalue weighted by atomic mass is 16.5. The normalized spacial score (nSPS) is 10.2. The summed E-state index contributed by atoms with van der Waals surface area (Å²) in [5.74, 6) is 0.652. The number of carbonyl (C=O) groups is 3. The van der Waals surface area contributed by atoms with E-state index in [1.165, 1.54) is 0 Å². The third kappa shape index (κ3) is 8.51. The second-order valence-electron chi connectivity index (χ2n) is 7.61. The molecule has 8 heteroatoms. The number of amides is 2. The molecule has 0 aliphatic rings. The van der Waals surface area contributed by atoms with Gasteiger partial charge in [-0.25, -0.2) is 0 Å². The van der Waals surface area contributed by atoms with Gasteiger partial charge in [-0.2, -0.15) is 0 Å². The lowest BCUT2D eigenvalue weighted by Crippen LogP contribution is -2.21. The van der Waals surface area contributed by atoms with Gasteiger partial charge in [-0.1, -0.05) is 18.2 Å². The van der Waals surface area contributed by atoms with Gasteiger partial charge in [0.2, 0.25) is 5.91 Å². The van der Waals surface area contributed by atoms with Gasteiger partial charge in [0.15, 0.2) is 6.61 Å². The average Bonchev–Trinajstić information content (AvgIpc) is 2.85. The second-order valence-corrected chi connectivity index (χ2v) is 7.61. The molecule has 0 unspecified atom stereocenters. The zero-order chi connectivity index (χ0) is 25.0. The molecule has 0 bridgehead atoms. The number of aryl methyl sites for hydroxylation is 1. The molecule has 0 aliphatic heterocycles. The van der Waals surface area contributed by atoms with Crippen molar-refractivity contribution in [2.45, 2.75) is 26.7 Å². The monoisotopic (exact) mass is 476 g/mol. The topological polar surface area (TPSA) is 103 Å². The van der Waals surface area contributed by atoms with Crippen molar-refractivity contribution >= 4 is 29.2 Å². The van der Waals surface area contributed by atoms with E-state index in [1.54, 1.807) is 48.5 Å². The van der Waals surface area contributed by atoms with Gasteiger partial charge < -0.3 is 24.8 Å². The number of anilines is 2. The van der Waals surface area contributed by atoms with Crippen molar-refractivity contribution in [3.63, 3.8) is 0 Å². The summed E-state index contributed by atoms with van der Waals surface area (Å²) in [6.07, 6.45) is -0.211. The molecular formula is C27H28N2O6. The summed E-state index contributed by atoms with van der Waals surface area (Å²) in [6, 6.07) is 21.5. The van der Waals surface area contributed by atoms with Crippen LogP contribution in [0, 0.1) is 6.92 Å². The Balaban J connectivity index is 1.35. The number of para-hydroxylation sites is 1. The van der Waals surface area contributed by atoms with Gasteiger partial charge in [0.1, 0.15) is 17.2 Å². The van der Waals surface area contributed by atoms with Gasteiger partial charge >= 0.3 is 5.97 Å². The van der Waals surface area contributed by atoms with E-state index in [2.05, 4.69) is 10.6 Å². The minimum atomic E-state index is -0.635. The average molecular weight is 477 g/mol.